The number of benzene rings is 10. The number of aromatic nitrogens is 1. The zero-order chi connectivity index (χ0) is 40.3. The lowest BCUT2D eigenvalue weighted by Gasteiger charge is -2.26. The molecule has 2 heterocycles. The Morgan fingerprint density at radius 3 is 1.54 bits per heavy atom. The second-order valence-corrected chi connectivity index (χ2v) is 16.8. The molecule has 0 spiro atoms. The van der Waals surface area contributed by atoms with Gasteiger partial charge in [-0.3, -0.25) is 0 Å². The van der Waals surface area contributed by atoms with Gasteiger partial charge in [0.15, 0.2) is 0 Å². The lowest BCUT2D eigenvalue weighted by Crippen LogP contribution is -2.09. The Bertz CT molecular complexity index is 3560. The molecule has 0 aliphatic rings. The minimum Gasteiger partial charge on any atom is -0.311 e. The molecule has 0 saturated carbocycles. The van der Waals surface area contributed by atoms with Gasteiger partial charge in [-0.1, -0.05) is 146 Å². The van der Waals surface area contributed by atoms with Gasteiger partial charge in [-0.15, -0.1) is 11.3 Å². The third-order valence-electron chi connectivity index (χ3n) is 12.2. The van der Waals surface area contributed by atoms with Crippen LogP contribution in [0.3, 0.4) is 0 Å². The first-order valence-electron chi connectivity index (χ1n) is 20.8. The van der Waals surface area contributed by atoms with Crippen LogP contribution in [0.25, 0.3) is 91.8 Å². The van der Waals surface area contributed by atoms with Crippen LogP contribution in [0.4, 0.5) is 17.1 Å². The third-order valence-corrected chi connectivity index (χ3v) is 13.4. The van der Waals surface area contributed by atoms with Crippen LogP contribution in [0.15, 0.2) is 231 Å². The Kier molecular flexibility index (Phi) is 8.39. The number of nitrogens with zero attached hydrogens (tertiary/aromatic N) is 2. The highest BCUT2D eigenvalue weighted by molar-refractivity contribution is 7.25. The molecule has 0 bridgehead atoms. The minimum absolute atomic E-state index is 1.10. The van der Waals surface area contributed by atoms with Crippen LogP contribution in [0.1, 0.15) is 0 Å². The molecular formula is C58H38N2S. The van der Waals surface area contributed by atoms with Gasteiger partial charge in [0.2, 0.25) is 0 Å². The van der Waals surface area contributed by atoms with Crippen LogP contribution in [0.5, 0.6) is 0 Å². The van der Waals surface area contributed by atoms with Crippen molar-refractivity contribution in [2.45, 2.75) is 0 Å². The van der Waals surface area contributed by atoms with Crippen molar-refractivity contribution < 1.29 is 0 Å². The number of hydrogen-bond acceptors (Lipinski definition) is 2. The molecule has 0 atom stereocenters. The molecule has 0 radical (unpaired) electrons. The maximum absolute atomic E-state index is 2.37. The zero-order valence-electron chi connectivity index (χ0n) is 33.2. The number of thiophene rings is 1. The summed E-state index contributed by atoms with van der Waals surface area (Å²) in [4.78, 5) is 2.37. The van der Waals surface area contributed by atoms with E-state index >= 15 is 0 Å². The van der Waals surface area contributed by atoms with E-state index in [-0.39, 0.29) is 0 Å². The molecule has 3 heteroatoms. The van der Waals surface area contributed by atoms with Crippen molar-refractivity contribution >= 4 is 81.1 Å². The second kappa shape index (κ2) is 14.5. The number of anilines is 3. The lowest BCUT2D eigenvalue weighted by molar-refractivity contribution is 1.18. The molecule has 0 aliphatic carbocycles. The van der Waals surface area contributed by atoms with Crippen molar-refractivity contribution in [3.63, 3.8) is 0 Å². The van der Waals surface area contributed by atoms with Crippen molar-refractivity contribution in [3.05, 3.63) is 231 Å². The van der Waals surface area contributed by atoms with E-state index in [1.807, 2.05) is 11.3 Å². The molecule has 12 rings (SSSR count). The van der Waals surface area contributed by atoms with E-state index in [2.05, 4.69) is 240 Å². The normalized spacial score (nSPS) is 11.6. The molecule has 61 heavy (non-hydrogen) atoms. The van der Waals surface area contributed by atoms with Gasteiger partial charge in [0.1, 0.15) is 0 Å². The average Bonchev–Trinajstić information content (AvgIpc) is 3.87. The highest BCUT2D eigenvalue weighted by Gasteiger charge is 2.17. The Hall–Kier alpha value is -7.72. The van der Waals surface area contributed by atoms with E-state index in [0.29, 0.717) is 0 Å². The summed E-state index contributed by atoms with van der Waals surface area (Å²) in [5, 5.41) is 7.65. The van der Waals surface area contributed by atoms with Crippen molar-refractivity contribution in [2.24, 2.45) is 0 Å². The zero-order valence-corrected chi connectivity index (χ0v) is 34.1. The molecule has 2 nitrogen and oxygen atoms in total. The van der Waals surface area contributed by atoms with Crippen LogP contribution in [0.2, 0.25) is 0 Å². The van der Waals surface area contributed by atoms with Crippen LogP contribution in [-0.2, 0) is 0 Å². The summed E-state index contributed by atoms with van der Waals surface area (Å²) in [6.45, 7) is 0. The maximum atomic E-state index is 2.37. The van der Waals surface area contributed by atoms with E-state index in [1.165, 1.54) is 91.8 Å². The predicted molar refractivity (Wildman–Crippen MR) is 262 cm³/mol. The summed E-state index contributed by atoms with van der Waals surface area (Å²) >= 11 is 1.86. The molecule has 0 saturated heterocycles. The van der Waals surface area contributed by atoms with Crippen LogP contribution in [0, 0.1) is 0 Å². The first-order valence-corrected chi connectivity index (χ1v) is 21.6. The predicted octanol–water partition coefficient (Wildman–Crippen LogP) is 16.8. The van der Waals surface area contributed by atoms with Gasteiger partial charge >= 0.3 is 0 Å². The van der Waals surface area contributed by atoms with E-state index in [4.69, 9.17) is 0 Å². The minimum atomic E-state index is 1.10. The fraction of sp³-hybridized carbons (Fsp3) is 0. The second-order valence-electron chi connectivity index (χ2n) is 15.7. The fourth-order valence-corrected chi connectivity index (χ4v) is 10.3. The molecule has 0 amide bonds. The Morgan fingerprint density at radius 1 is 0.311 bits per heavy atom. The number of rotatable bonds is 7. The highest BCUT2D eigenvalue weighted by atomic mass is 32.1. The molecule has 10 aromatic carbocycles. The first-order chi connectivity index (χ1) is 30.2. The van der Waals surface area contributed by atoms with Gasteiger partial charge in [-0.2, -0.15) is 0 Å². The van der Waals surface area contributed by atoms with Gasteiger partial charge in [0, 0.05) is 53.7 Å². The standard InChI is InChI=1S/C58H38N2S/c1-2-13-45(14-3-1)60-55-19-8-6-16-51(55)53-37-43(27-35-56(53)60)39-21-29-46(30-22-39)59(48-33-25-42(26-34-48)50-18-10-12-41-11-4-5-15-49(41)50)47-31-23-40(24-32-47)44-28-36-58-54(38-44)52-17-7-9-20-57(52)61-58/h1-38H. The molecule has 0 aliphatic heterocycles. The van der Waals surface area contributed by atoms with Crippen LogP contribution >= 0.6 is 11.3 Å². The summed E-state index contributed by atoms with van der Waals surface area (Å²) in [6, 6.07) is 84.1. The molecule has 2 aromatic heterocycles. The Balaban J connectivity index is 0.931. The largest absolute Gasteiger partial charge is 0.311 e. The SMILES string of the molecule is c1ccc(-n2c3ccccc3c3cc(-c4ccc(N(c5ccc(-c6ccc7sc8ccccc8c7c6)cc5)c5ccc(-c6cccc7ccccc67)cc5)cc4)ccc32)cc1. The highest BCUT2D eigenvalue weighted by Crippen LogP contribution is 2.41. The van der Waals surface area contributed by atoms with Gasteiger partial charge in [-0.05, 0) is 129 Å². The lowest BCUT2D eigenvalue weighted by atomic mass is 9.98. The summed E-state index contributed by atoms with van der Waals surface area (Å²) in [5.41, 5.74) is 14.1. The van der Waals surface area contributed by atoms with Crippen molar-refractivity contribution in [2.75, 3.05) is 4.90 Å². The van der Waals surface area contributed by atoms with Gasteiger partial charge in [-0.25, -0.2) is 0 Å². The molecule has 286 valence electrons. The molecule has 0 N–H and O–H groups in total. The number of hydrogen-bond donors (Lipinski definition) is 0. The Labute approximate surface area is 358 Å². The first kappa shape index (κ1) is 35.2. The van der Waals surface area contributed by atoms with Crippen molar-refractivity contribution in [1.29, 1.82) is 0 Å². The molecule has 0 fully saturated rings. The number of fused-ring (bicyclic) bond motifs is 7. The smallest absolute Gasteiger partial charge is 0.0541 e. The quantitative estimate of drug-likeness (QED) is 0.156. The van der Waals surface area contributed by atoms with Gasteiger partial charge in [0.25, 0.3) is 0 Å². The Morgan fingerprint density at radius 2 is 0.820 bits per heavy atom. The summed E-state index contributed by atoms with van der Waals surface area (Å²) in [6.07, 6.45) is 0. The topological polar surface area (TPSA) is 8.17 Å². The van der Waals surface area contributed by atoms with Gasteiger partial charge in [0.05, 0.1) is 11.0 Å². The monoisotopic (exact) mass is 794 g/mol. The summed E-state index contributed by atoms with van der Waals surface area (Å²) in [5.74, 6) is 0. The summed E-state index contributed by atoms with van der Waals surface area (Å²) < 4.78 is 5.02. The van der Waals surface area contributed by atoms with E-state index in [9.17, 15) is 0 Å². The van der Waals surface area contributed by atoms with Crippen LogP contribution < -0.4 is 4.90 Å². The average molecular weight is 795 g/mol. The maximum Gasteiger partial charge on any atom is 0.0541 e. The number of para-hydroxylation sites is 2. The molecule has 0 unspecified atom stereocenters. The van der Waals surface area contributed by atoms with E-state index < -0.39 is 0 Å². The van der Waals surface area contributed by atoms with Crippen LogP contribution in [-0.4, -0.2) is 4.57 Å². The fourth-order valence-electron chi connectivity index (χ4n) is 9.23. The van der Waals surface area contributed by atoms with E-state index in [1.54, 1.807) is 0 Å². The third kappa shape index (κ3) is 6.09. The molecule has 12 aromatic rings. The summed E-state index contributed by atoms with van der Waals surface area (Å²) in [7, 11) is 0. The molecular weight excluding hydrogens is 757 g/mol. The van der Waals surface area contributed by atoms with Crippen molar-refractivity contribution in [1.82, 2.24) is 4.57 Å². The van der Waals surface area contributed by atoms with E-state index in [0.717, 1.165) is 17.1 Å². The van der Waals surface area contributed by atoms with Gasteiger partial charge < -0.3 is 9.47 Å². The van der Waals surface area contributed by atoms with Crippen molar-refractivity contribution in [3.8, 4) is 39.1 Å².